The highest BCUT2D eigenvalue weighted by atomic mass is 31.2. The number of rotatable bonds is 14. The molecule has 0 bridgehead atoms. The van der Waals surface area contributed by atoms with E-state index in [-0.39, 0.29) is 30.9 Å². The minimum absolute atomic E-state index is 0.138. The zero-order chi connectivity index (χ0) is 23.7. The first-order valence-electron chi connectivity index (χ1n) is 10.5. The molecule has 12 heteroatoms. The number of nitrogens with zero attached hydrogens (tertiary/aromatic N) is 4. The quantitative estimate of drug-likeness (QED) is 0.184. The molecule has 2 aromatic heterocycles. The van der Waals surface area contributed by atoms with Gasteiger partial charge in [0.1, 0.15) is 32.8 Å². The Morgan fingerprint density at radius 2 is 2.06 bits per heavy atom. The average Bonchev–Trinajstić information content (AvgIpc) is 3.12. The van der Waals surface area contributed by atoms with E-state index in [1.54, 1.807) is 20.2 Å². The Hall–Kier alpha value is -2.20. The van der Waals surface area contributed by atoms with Gasteiger partial charge in [0, 0.05) is 6.42 Å². The minimum Gasteiger partial charge on any atom is -0.463 e. The summed E-state index contributed by atoms with van der Waals surface area (Å²) >= 11 is 0. The maximum absolute atomic E-state index is 11.7. The highest BCUT2D eigenvalue weighted by molar-refractivity contribution is 7.50. The molecule has 0 aliphatic heterocycles. The zero-order valence-corrected chi connectivity index (χ0v) is 20.2. The van der Waals surface area contributed by atoms with Crippen LogP contribution in [-0.2, 0) is 30.1 Å². The number of nitrogen functional groups attached to an aromatic ring is 1. The van der Waals surface area contributed by atoms with E-state index in [9.17, 15) is 9.59 Å². The number of imidazole rings is 1. The van der Waals surface area contributed by atoms with Crippen molar-refractivity contribution in [1.82, 2.24) is 24.6 Å². The van der Waals surface area contributed by atoms with Gasteiger partial charge in [-0.2, -0.15) is 0 Å². The monoisotopic (exact) mass is 468 g/mol. The summed E-state index contributed by atoms with van der Waals surface area (Å²) < 4.78 is 18.9. The van der Waals surface area contributed by atoms with Crippen LogP contribution in [0.1, 0.15) is 47.5 Å². The van der Waals surface area contributed by atoms with Crippen LogP contribution < -0.4 is 10.8 Å². The van der Waals surface area contributed by atoms with E-state index in [0.29, 0.717) is 36.6 Å². The average molecular weight is 468 g/mol. The highest BCUT2D eigenvalue weighted by Crippen LogP contribution is 2.35. The standard InChI is InChI=1S/C20H33N6O5P/c1-14(2)31-16(28)7-6-8-30-32(25-20(4,5)10-27)13-29-15(3)9-26-12-24-17-18(21)22-11-23-19(17)26/h10-12,14-15,25H,6-9,13H2,1-5H3,(H2,21,22,23)/t15?,32-/m0/s1. The van der Waals surface area contributed by atoms with E-state index >= 15 is 0 Å². The van der Waals surface area contributed by atoms with Gasteiger partial charge in [-0.25, -0.2) is 15.0 Å². The second-order valence-electron chi connectivity index (χ2n) is 8.24. The van der Waals surface area contributed by atoms with Crippen molar-refractivity contribution in [2.24, 2.45) is 0 Å². The molecule has 3 N–H and O–H groups in total. The maximum Gasteiger partial charge on any atom is 0.306 e. The maximum atomic E-state index is 11.7. The Morgan fingerprint density at radius 3 is 2.75 bits per heavy atom. The van der Waals surface area contributed by atoms with Crippen LogP contribution in [0.5, 0.6) is 0 Å². The first kappa shape index (κ1) is 26.1. The molecule has 2 heterocycles. The van der Waals surface area contributed by atoms with Crippen LogP contribution in [0.3, 0.4) is 0 Å². The van der Waals surface area contributed by atoms with E-state index in [4.69, 9.17) is 19.7 Å². The Labute approximate surface area is 189 Å². The molecule has 0 spiro atoms. The molecule has 2 aromatic rings. The van der Waals surface area contributed by atoms with Crippen molar-refractivity contribution >= 4 is 37.5 Å². The highest BCUT2D eigenvalue weighted by Gasteiger charge is 2.23. The molecular weight excluding hydrogens is 435 g/mol. The molecule has 0 aromatic carbocycles. The van der Waals surface area contributed by atoms with Crippen molar-refractivity contribution in [3.8, 4) is 0 Å². The summed E-state index contributed by atoms with van der Waals surface area (Å²) in [5.74, 6) is 0.0767. The van der Waals surface area contributed by atoms with Crippen molar-refractivity contribution < 1.29 is 23.6 Å². The molecule has 2 rings (SSSR count). The molecule has 0 radical (unpaired) electrons. The van der Waals surface area contributed by atoms with Gasteiger partial charge < -0.3 is 29.1 Å². The Kier molecular flexibility index (Phi) is 9.89. The third-order valence-corrected chi connectivity index (χ3v) is 5.91. The predicted molar refractivity (Wildman–Crippen MR) is 122 cm³/mol. The van der Waals surface area contributed by atoms with Gasteiger partial charge >= 0.3 is 5.97 Å². The number of nitrogens with two attached hydrogens (primary N) is 1. The second kappa shape index (κ2) is 12.2. The molecule has 0 aliphatic rings. The first-order valence-corrected chi connectivity index (χ1v) is 11.9. The fraction of sp³-hybridized carbons (Fsp3) is 0.650. The predicted octanol–water partition coefficient (Wildman–Crippen LogP) is 2.40. The first-order chi connectivity index (χ1) is 15.1. The molecule has 2 atom stereocenters. The molecule has 0 aliphatic carbocycles. The Balaban J connectivity index is 1.88. The van der Waals surface area contributed by atoms with E-state index < -0.39 is 13.8 Å². The minimum atomic E-state index is -1.26. The summed E-state index contributed by atoms with van der Waals surface area (Å²) in [6, 6.07) is 0. The van der Waals surface area contributed by atoms with Crippen molar-refractivity contribution in [1.29, 1.82) is 0 Å². The van der Waals surface area contributed by atoms with Crippen molar-refractivity contribution in [2.45, 2.75) is 71.8 Å². The number of nitrogens with one attached hydrogen (secondary N) is 1. The number of carbonyl (C=O) groups is 2. The molecule has 178 valence electrons. The number of carbonyl (C=O) groups excluding carboxylic acids is 2. The van der Waals surface area contributed by atoms with Crippen LogP contribution in [-0.4, -0.2) is 62.5 Å². The van der Waals surface area contributed by atoms with Gasteiger partial charge in [-0.05, 0) is 41.0 Å². The van der Waals surface area contributed by atoms with Crippen molar-refractivity contribution in [3.05, 3.63) is 12.7 Å². The van der Waals surface area contributed by atoms with Gasteiger partial charge in [0.05, 0.1) is 37.2 Å². The lowest BCUT2D eigenvalue weighted by molar-refractivity contribution is -0.147. The van der Waals surface area contributed by atoms with Crippen LogP contribution >= 0.6 is 8.30 Å². The number of esters is 1. The molecule has 32 heavy (non-hydrogen) atoms. The number of hydrogen-bond donors (Lipinski definition) is 2. The van der Waals surface area contributed by atoms with Gasteiger partial charge in [0.2, 0.25) is 0 Å². The van der Waals surface area contributed by atoms with Crippen LogP contribution in [0.2, 0.25) is 0 Å². The van der Waals surface area contributed by atoms with Gasteiger partial charge in [0.15, 0.2) is 11.5 Å². The summed E-state index contributed by atoms with van der Waals surface area (Å²) in [4.78, 5) is 35.4. The summed E-state index contributed by atoms with van der Waals surface area (Å²) in [6.45, 7) is 9.94. The topological polar surface area (TPSA) is 143 Å². The molecule has 0 saturated carbocycles. The van der Waals surface area contributed by atoms with Gasteiger partial charge in [-0.3, -0.25) is 9.88 Å². The number of fused-ring (bicyclic) bond motifs is 1. The fourth-order valence-corrected chi connectivity index (χ4v) is 4.36. The molecule has 0 fully saturated rings. The summed E-state index contributed by atoms with van der Waals surface area (Å²) in [7, 11) is -1.26. The fourth-order valence-electron chi connectivity index (χ4n) is 2.72. The van der Waals surface area contributed by atoms with Crippen molar-refractivity contribution in [2.75, 3.05) is 18.7 Å². The summed E-state index contributed by atoms with van der Waals surface area (Å²) in [6.07, 6.45) is 4.63. The summed E-state index contributed by atoms with van der Waals surface area (Å²) in [5, 5.41) is 3.19. The summed E-state index contributed by atoms with van der Waals surface area (Å²) in [5.41, 5.74) is 6.26. The number of aromatic nitrogens is 4. The van der Waals surface area contributed by atoms with E-state index in [0.717, 1.165) is 6.29 Å². The van der Waals surface area contributed by atoms with Gasteiger partial charge in [-0.15, -0.1) is 0 Å². The largest absolute Gasteiger partial charge is 0.463 e. The molecule has 0 saturated heterocycles. The second-order valence-corrected chi connectivity index (χ2v) is 9.74. The van der Waals surface area contributed by atoms with E-state index in [1.807, 2.05) is 25.3 Å². The lowest BCUT2D eigenvalue weighted by Gasteiger charge is -2.27. The number of hydrogen-bond acceptors (Lipinski definition) is 10. The number of anilines is 1. The molecule has 0 amide bonds. The SMILES string of the molecule is CC(C)OC(=O)CCCO[P@@](COC(C)Cn1cnc2c(N)ncnc21)NC(C)(C)C=O. The lowest BCUT2D eigenvalue weighted by Crippen LogP contribution is -2.38. The Bertz CT molecular complexity index is 890. The van der Waals surface area contributed by atoms with Crippen LogP contribution in [0.25, 0.3) is 11.2 Å². The molecular formula is C20H33N6O5P. The van der Waals surface area contributed by atoms with E-state index in [1.165, 1.54) is 6.33 Å². The van der Waals surface area contributed by atoms with Crippen LogP contribution in [0, 0.1) is 0 Å². The van der Waals surface area contributed by atoms with Crippen LogP contribution in [0.4, 0.5) is 5.82 Å². The third kappa shape index (κ3) is 8.38. The number of aldehydes is 1. The Morgan fingerprint density at radius 1 is 1.31 bits per heavy atom. The van der Waals surface area contributed by atoms with E-state index in [2.05, 4.69) is 20.0 Å². The smallest absolute Gasteiger partial charge is 0.306 e. The zero-order valence-electron chi connectivity index (χ0n) is 19.3. The normalized spacial score (nSPS) is 13.9. The molecule has 1 unspecified atom stereocenters. The lowest BCUT2D eigenvalue weighted by atomic mass is 10.1. The van der Waals surface area contributed by atoms with Gasteiger partial charge in [-0.1, -0.05) is 0 Å². The third-order valence-electron chi connectivity index (χ3n) is 4.21. The van der Waals surface area contributed by atoms with Gasteiger partial charge in [0.25, 0.3) is 0 Å². The number of ether oxygens (including phenoxy) is 2. The molecule has 11 nitrogen and oxygen atoms in total. The van der Waals surface area contributed by atoms with Crippen LogP contribution in [0.15, 0.2) is 12.7 Å². The van der Waals surface area contributed by atoms with Crippen molar-refractivity contribution in [3.63, 3.8) is 0 Å².